The average molecular weight is 333 g/mol. The Balaban J connectivity index is 1.95. The molecule has 0 saturated carbocycles. The maximum atomic E-state index is 11.7. The molecule has 0 aliphatic carbocycles. The number of nitrogens with one attached hydrogen (secondary N) is 1. The quantitative estimate of drug-likeness (QED) is 0.667. The van der Waals surface area contributed by atoms with E-state index in [1.54, 1.807) is 24.3 Å². The molecule has 1 amide bonds. The third-order valence-corrected chi connectivity index (χ3v) is 3.09. The second-order valence-electron chi connectivity index (χ2n) is 4.10. The van der Waals surface area contributed by atoms with E-state index in [2.05, 4.69) is 26.5 Å². The molecule has 0 aliphatic heterocycles. The van der Waals surface area contributed by atoms with Gasteiger partial charge in [-0.25, -0.2) is 5.43 Å². The van der Waals surface area contributed by atoms with Crippen LogP contribution in [0.1, 0.15) is 17.2 Å². The van der Waals surface area contributed by atoms with Crippen LogP contribution in [0.5, 0.6) is 0 Å². The smallest absolute Gasteiger partial charge is 0.273 e. The van der Waals surface area contributed by atoms with Crippen molar-refractivity contribution in [2.24, 2.45) is 5.10 Å². The SMILES string of the molecule is O=C(N/N=C\c1cccc(Br)c1)[C@@H](O)c1ccccc1. The van der Waals surface area contributed by atoms with Gasteiger partial charge in [0.2, 0.25) is 0 Å². The van der Waals surface area contributed by atoms with Crippen molar-refractivity contribution < 1.29 is 9.90 Å². The molecule has 2 aromatic carbocycles. The van der Waals surface area contributed by atoms with Crippen molar-refractivity contribution in [3.8, 4) is 0 Å². The zero-order valence-corrected chi connectivity index (χ0v) is 12.1. The molecule has 2 N–H and O–H groups in total. The number of benzene rings is 2. The van der Waals surface area contributed by atoms with Crippen molar-refractivity contribution in [2.75, 3.05) is 0 Å². The van der Waals surface area contributed by atoms with Gasteiger partial charge in [0.25, 0.3) is 5.91 Å². The Morgan fingerprint density at radius 2 is 1.95 bits per heavy atom. The van der Waals surface area contributed by atoms with Crippen LogP contribution >= 0.6 is 15.9 Å². The number of carbonyl (C=O) groups is 1. The number of hydrogen-bond acceptors (Lipinski definition) is 3. The molecule has 0 saturated heterocycles. The molecule has 2 rings (SSSR count). The van der Waals surface area contributed by atoms with Crippen LogP contribution in [0.4, 0.5) is 0 Å². The first-order chi connectivity index (χ1) is 9.66. The average Bonchev–Trinajstić information content (AvgIpc) is 2.47. The molecule has 0 fully saturated rings. The van der Waals surface area contributed by atoms with Crippen molar-refractivity contribution in [3.05, 3.63) is 70.2 Å². The van der Waals surface area contributed by atoms with E-state index in [0.717, 1.165) is 10.0 Å². The Hall–Kier alpha value is -1.98. The van der Waals surface area contributed by atoms with Gasteiger partial charge in [-0.05, 0) is 23.3 Å². The Labute approximate surface area is 125 Å². The Kier molecular flexibility index (Phi) is 5.03. The zero-order valence-electron chi connectivity index (χ0n) is 10.5. The Bertz CT molecular complexity index is 614. The van der Waals surface area contributed by atoms with Gasteiger partial charge in [-0.2, -0.15) is 5.10 Å². The van der Waals surface area contributed by atoms with Crippen molar-refractivity contribution in [1.82, 2.24) is 5.43 Å². The molecular formula is C15H13BrN2O2. The fourth-order valence-corrected chi connectivity index (χ4v) is 2.02. The monoisotopic (exact) mass is 332 g/mol. The molecule has 1 atom stereocenters. The van der Waals surface area contributed by atoms with Gasteiger partial charge in [0.1, 0.15) is 0 Å². The second kappa shape index (κ2) is 6.98. The number of aliphatic hydroxyl groups excluding tert-OH is 1. The van der Waals surface area contributed by atoms with Crippen molar-refractivity contribution in [1.29, 1.82) is 0 Å². The van der Waals surface area contributed by atoms with Gasteiger partial charge in [-0.3, -0.25) is 4.79 Å². The lowest BCUT2D eigenvalue weighted by Gasteiger charge is -2.08. The number of carbonyl (C=O) groups excluding carboxylic acids is 1. The summed E-state index contributed by atoms with van der Waals surface area (Å²) in [5.41, 5.74) is 3.69. The van der Waals surface area contributed by atoms with E-state index < -0.39 is 12.0 Å². The standard InChI is InChI=1S/C15H13BrN2O2/c16-13-8-4-5-11(9-13)10-17-18-15(20)14(19)12-6-2-1-3-7-12/h1-10,14,19H,(H,18,20)/b17-10-/t14-/m0/s1. The summed E-state index contributed by atoms with van der Waals surface area (Å²) in [7, 11) is 0. The number of hydrogen-bond donors (Lipinski definition) is 2. The minimum absolute atomic E-state index is 0.530. The number of amides is 1. The fourth-order valence-electron chi connectivity index (χ4n) is 1.61. The third-order valence-electron chi connectivity index (χ3n) is 2.60. The third kappa shape index (κ3) is 4.01. The lowest BCUT2D eigenvalue weighted by atomic mass is 10.1. The molecule has 0 aliphatic rings. The minimum atomic E-state index is -1.23. The highest BCUT2D eigenvalue weighted by molar-refractivity contribution is 9.10. The number of hydrazone groups is 1. The second-order valence-corrected chi connectivity index (χ2v) is 5.02. The molecule has 4 nitrogen and oxygen atoms in total. The molecule has 5 heteroatoms. The number of halogens is 1. The van der Waals surface area contributed by atoms with Crippen molar-refractivity contribution in [3.63, 3.8) is 0 Å². The van der Waals surface area contributed by atoms with Crippen LogP contribution in [0.2, 0.25) is 0 Å². The van der Waals surface area contributed by atoms with E-state index in [0.29, 0.717) is 5.56 Å². The van der Waals surface area contributed by atoms with Crippen molar-refractivity contribution in [2.45, 2.75) is 6.10 Å². The Morgan fingerprint density at radius 3 is 2.65 bits per heavy atom. The van der Waals surface area contributed by atoms with Gasteiger partial charge in [-0.15, -0.1) is 0 Å². The van der Waals surface area contributed by atoms with E-state index >= 15 is 0 Å². The highest BCUT2D eigenvalue weighted by Crippen LogP contribution is 2.12. The first-order valence-corrected chi connectivity index (χ1v) is 6.77. The molecular weight excluding hydrogens is 320 g/mol. The first kappa shape index (κ1) is 14.4. The van der Waals surface area contributed by atoms with Crippen LogP contribution in [0.3, 0.4) is 0 Å². The number of aliphatic hydroxyl groups is 1. The molecule has 102 valence electrons. The highest BCUT2D eigenvalue weighted by atomic mass is 79.9. The van der Waals surface area contributed by atoms with Gasteiger partial charge in [-0.1, -0.05) is 58.4 Å². The van der Waals surface area contributed by atoms with Crippen LogP contribution in [-0.4, -0.2) is 17.2 Å². The lowest BCUT2D eigenvalue weighted by Crippen LogP contribution is -2.25. The summed E-state index contributed by atoms with van der Waals surface area (Å²) in [4.78, 5) is 11.7. The van der Waals surface area contributed by atoms with Crippen LogP contribution in [0.15, 0.2) is 64.2 Å². The first-order valence-electron chi connectivity index (χ1n) is 5.98. The number of rotatable bonds is 4. The topological polar surface area (TPSA) is 61.7 Å². The summed E-state index contributed by atoms with van der Waals surface area (Å²) in [6.07, 6.45) is 0.288. The van der Waals surface area contributed by atoms with E-state index in [1.807, 2.05) is 30.3 Å². The van der Waals surface area contributed by atoms with E-state index in [9.17, 15) is 9.90 Å². The normalized spacial score (nSPS) is 12.3. The van der Waals surface area contributed by atoms with E-state index in [1.165, 1.54) is 6.21 Å². The minimum Gasteiger partial charge on any atom is -0.378 e. The largest absolute Gasteiger partial charge is 0.378 e. The fraction of sp³-hybridized carbons (Fsp3) is 0.0667. The zero-order chi connectivity index (χ0) is 14.4. The van der Waals surface area contributed by atoms with Gasteiger partial charge in [0, 0.05) is 4.47 Å². The predicted octanol–water partition coefficient (Wildman–Crippen LogP) is 2.63. The maximum Gasteiger partial charge on any atom is 0.273 e. The van der Waals surface area contributed by atoms with Gasteiger partial charge < -0.3 is 5.11 Å². The van der Waals surface area contributed by atoms with Crippen LogP contribution in [0.25, 0.3) is 0 Å². The van der Waals surface area contributed by atoms with Crippen LogP contribution in [-0.2, 0) is 4.79 Å². The molecule has 0 aromatic heterocycles. The number of nitrogens with zero attached hydrogens (tertiary/aromatic N) is 1. The van der Waals surface area contributed by atoms with Crippen molar-refractivity contribution >= 4 is 28.1 Å². The van der Waals surface area contributed by atoms with E-state index in [-0.39, 0.29) is 0 Å². The molecule has 2 aromatic rings. The summed E-state index contributed by atoms with van der Waals surface area (Å²) in [5, 5.41) is 13.7. The van der Waals surface area contributed by atoms with Gasteiger partial charge >= 0.3 is 0 Å². The summed E-state index contributed by atoms with van der Waals surface area (Å²) < 4.78 is 0.928. The molecule has 0 bridgehead atoms. The highest BCUT2D eigenvalue weighted by Gasteiger charge is 2.15. The predicted molar refractivity (Wildman–Crippen MR) is 81.3 cm³/mol. The molecule has 0 radical (unpaired) electrons. The Morgan fingerprint density at radius 1 is 1.20 bits per heavy atom. The van der Waals surface area contributed by atoms with Crippen LogP contribution in [0, 0.1) is 0 Å². The van der Waals surface area contributed by atoms with E-state index in [4.69, 9.17) is 0 Å². The molecule has 0 spiro atoms. The van der Waals surface area contributed by atoms with Crippen LogP contribution < -0.4 is 5.43 Å². The molecule has 20 heavy (non-hydrogen) atoms. The summed E-state index contributed by atoms with van der Waals surface area (Å²) in [5.74, 6) is -0.567. The summed E-state index contributed by atoms with van der Waals surface area (Å²) in [6.45, 7) is 0. The lowest BCUT2D eigenvalue weighted by molar-refractivity contribution is -0.129. The van der Waals surface area contributed by atoms with Gasteiger partial charge in [0.05, 0.1) is 6.21 Å². The summed E-state index contributed by atoms with van der Waals surface area (Å²) >= 11 is 3.35. The molecule has 0 heterocycles. The summed E-state index contributed by atoms with van der Waals surface area (Å²) in [6, 6.07) is 16.2. The molecule has 0 unspecified atom stereocenters. The van der Waals surface area contributed by atoms with Gasteiger partial charge in [0.15, 0.2) is 6.10 Å². The maximum absolute atomic E-state index is 11.7.